The zero-order valence-corrected chi connectivity index (χ0v) is 19.4. The number of aromatic amines is 1. The van der Waals surface area contributed by atoms with Crippen LogP contribution >= 0.6 is 0 Å². The summed E-state index contributed by atoms with van der Waals surface area (Å²) in [5.41, 5.74) is -0.269. The van der Waals surface area contributed by atoms with Crippen molar-refractivity contribution in [2.75, 3.05) is 11.1 Å². The van der Waals surface area contributed by atoms with Crippen molar-refractivity contribution in [1.82, 2.24) is 9.97 Å². The summed E-state index contributed by atoms with van der Waals surface area (Å²) in [5.74, 6) is -1.96. The topological polar surface area (TPSA) is 101 Å². The number of aromatic nitrogens is 2. The number of halogens is 1. The minimum atomic E-state index is -4.12. The molecule has 9 heteroatoms. The molecule has 0 spiro atoms. The van der Waals surface area contributed by atoms with Crippen LogP contribution in [0.5, 0.6) is 5.75 Å². The number of amides is 1. The molecule has 1 aromatic carbocycles. The molecule has 0 saturated carbocycles. The van der Waals surface area contributed by atoms with Crippen molar-refractivity contribution in [1.29, 1.82) is 0 Å². The Kier molecular flexibility index (Phi) is 5.78. The molecule has 2 unspecified atom stereocenters. The van der Waals surface area contributed by atoms with Gasteiger partial charge in [0.1, 0.15) is 23.0 Å². The molecule has 1 aliphatic heterocycles. The number of H-pyrrole nitrogens is 1. The average molecular weight is 472 g/mol. The molecule has 1 amide bonds. The third-order valence-corrected chi connectivity index (χ3v) is 8.46. The van der Waals surface area contributed by atoms with E-state index in [4.69, 9.17) is 4.74 Å². The average Bonchev–Trinajstić information content (AvgIpc) is 3.29. The molecule has 4 rings (SSSR count). The fourth-order valence-corrected chi connectivity index (χ4v) is 6.51. The number of anilines is 1. The van der Waals surface area contributed by atoms with Crippen LogP contribution in [0.15, 0.2) is 60.9 Å². The second-order valence-electron chi connectivity index (χ2n) is 8.69. The number of fused-ring (bicyclic) bond motifs is 1. The molecular weight excluding hydrogens is 445 g/mol. The first kappa shape index (κ1) is 23.0. The van der Waals surface area contributed by atoms with Crippen LogP contribution < -0.4 is 10.1 Å². The smallest absolute Gasteiger partial charge is 0.253 e. The molecule has 2 aromatic heterocycles. The molecule has 0 bridgehead atoms. The molecular formula is C24H26FN3O4S. The summed E-state index contributed by atoms with van der Waals surface area (Å²) in [6.45, 7) is 5.14. The Morgan fingerprint density at radius 3 is 2.70 bits per heavy atom. The van der Waals surface area contributed by atoms with Crippen molar-refractivity contribution in [2.24, 2.45) is 0 Å². The van der Waals surface area contributed by atoms with E-state index in [-0.39, 0.29) is 23.7 Å². The molecule has 0 aliphatic carbocycles. The summed E-state index contributed by atoms with van der Waals surface area (Å²) in [6, 6.07) is 12.2. The van der Waals surface area contributed by atoms with Gasteiger partial charge in [0.2, 0.25) is 0 Å². The lowest BCUT2D eigenvalue weighted by atomic mass is 9.74. The molecule has 3 heterocycles. The minimum absolute atomic E-state index is 0.164. The van der Waals surface area contributed by atoms with Gasteiger partial charge in [-0.05, 0) is 62.7 Å². The van der Waals surface area contributed by atoms with Crippen molar-refractivity contribution in [3.05, 3.63) is 78.0 Å². The van der Waals surface area contributed by atoms with Crippen LogP contribution in [-0.4, -0.2) is 35.6 Å². The Morgan fingerprint density at radius 1 is 1.27 bits per heavy atom. The van der Waals surface area contributed by atoms with Gasteiger partial charge >= 0.3 is 0 Å². The van der Waals surface area contributed by atoms with Crippen molar-refractivity contribution in [2.45, 2.75) is 43.5 Å². The first-order valence-electron chi connectivity index (χ1n) is 10.7. The van der Waals surface area contributed by atoms with Crippen molar-refractivity contribution in [3.63, 3.8) is 0 Å². The Balaban J connectivity index is 2.03. The maximum absolute atomic E-state index is 14.4. The molecule has 0 fully saturated rings. The second-order valence-corrected chi connectivity index (χ2v) is 11.1. The van der Waals surface area contributed by atoms with Gasteiger partial charge in [-0.25, -0.2) is 17.8 Å². The van der Waals surface area contributed by atoms with Gasteiger partial charge in [0.05, 0.1) is 0 Å². The van der Waals surface area contributed by atoms with Gasteiger partial charge in [-0.2, -0.15) is 0 Å². The summed E-state index contributed by atoms with van der Waals surface area (Å²) in [6.07, 6.45) is 3.24. The number of carbonyl (C=O) groups excluding carboxylic acids is 1. The normalized spacial score (nSPS) is 19.1. The zero-order chi connectivity index (χ0) is 23.9. The van der Waals surface area contributed by atoms with Gasteiger partial charge in [0.15, 0.2) is 14.6 Å². The van der Waals surface area contributed by atoms with Gasteiger partial charge in [0, 0.05) is 35.3 Å². The van der Waals surface area contributed by atoms with Crippen LogP contribution in [0.2, 0.25) is 0 Å². The number of ether oxygens (including phenoxy) is 1. The quantitative estimate of drug-likeness (QED) is 0.562. The maximum Gasteiger partial charge on any atom is 0.253 e. The lowest BCUT2D eigenvalue weighted by Gasteiger charge is -2.45. The number of pyridine rings is 1. The van der Waals surface area contributed by atoms with E-state index in [0.717, 1.165) is 0 Å². The second kappa shape index (κ2) is 8.30. The molecule has 7 nitrogen and oxygen atoms in total. The summed E-state index contributed by atoms with van der Waals surface area (Å²) in [7, 11) is -4.12. The number of carbonyl (C=O) groups is 1. The van der Waals surface area contributed by atoms with Crippen LogP contribution in [0.1, 0.15) is 44.4 Å². The fraction of sp³-hybridized carbons (Fsp3) is 0.333. The molecule has 0 saturated heterocycles. The number of sulfone groups is 1. The van der Waals surface area contributed by atoms with Gasteiger partial charge < -0.3 is 15.0 Å². The van der Waals surface area contributed by atoms with E-state index in [1.54, 1.807) is 36.5 Å². The molecule has 174 valence electrons. The monoisotopic (exact) mass is 471 g/mol. The van der Waals surface area contributed by atoms with Crippen LogP contribution in [0.3, 0.4) is 0 Å². The first-order chi connectivity index (χ1) is 15.6. The maximum atomic E-state index is 14.4. The van der Waals surface area contributed by atoms with Crippen LogP contribution in [0.4, 0.5) is 10.2 Å². The zero-order valence-electron chi connectivity index (χ0n) is 18.6. The Bertz CT molecular complexity index is 1260. The van der Waals surface area contributed by atoms with Crippen molar-refractivity contribution < 1.29 is 22.3 Å². The predicted molar refractivity (Wildman–Crippen MR) is 123 cm³/mol. The number of hydrogen-bond acceptors (Lipinski definition) is 5. The predicted octanol–water partition coefficient (Wildman–Crippen LogP) is 4.16. The van der Waals surface area contributed by atoms with Gasteiger partial charge in [-0.3, -0.25) is 4.79 Å². The van der Waals surface area contributed by atoms with Crippen LogP contribution in [-0.2, 0) is 19.4 Å². The highest BCUT2D eigenvalue weighted by molar-refractivity contribution is 7.93. The lowest BCUT2D eigenvalue weighted by Crippen LogP contribution is -2.55. The van der Waals surface area contributed by atoms with E-state index in [9.17, 15) is 17.6 Å². The third-order valence-electron chi connectivity index (χ3n) is 6.03. The SMILES string of the molecule is CCS(=O)(=O)C(C(=O)Nc1ccccn1)(c1ccc[nH]1)C1CC(C)(C)Oc2ccc(F)cc21. The van der Waals surface area contributed by atoms with E-state index in [2.05, 4.69) is 15.3 Å². The Labute approximate surface area is 192 Å². The van der Waals surface area contributed by atoms with E-state index in [0.29, 0.717) is 11.3 Å². The van der Waals surface area contributed by atoms with E-state index >= 15 is 0 Å². The summed E-state index contributed by atoms with van der Waals surface area (Å²) < 4.78 is 46.2. The summed E-state index contributed by atoms with van der Waals surface area (Å²) >= 11 is 0. The molecule has 2 N–H and O–H groups in total. The molecule has 33 heavy (non-hydrogen) atoms. The highest BCUT2D eigenvalue weighted by Gasteiger charge is 2.61. The summed E-state index contributed by atoms with van der Waals surface area (Å²) in [4.78, 5) is 21.2. The first-order valence-corrected chi connectivity index (χ1v) is 12.3. The Morgan fingerprint density at radius 2 is 2.06 bits per heavy atom. The molecule has 0 radical (unpaired) electrons. The minimum Gasteiger partial charge on any atom is -0.488 e. The van der Waals surface area contributed by atoms with Crippen molar-refractivity contribution >= 4 is 21.6 Å². The van der Waals surface area contributed by atoms with Crippen LogP contribution in [0, 0.1) is 5.82 Å². The lowest BCUT2D eigenvalue weighted by molar-refractivity contribution is -0.120. The number of nitrogens with zero attached hydrogens (tertiary/aromatic N) is 1. The highest BCUT2D eigenvalue weighted by atomic mass is 32.2. The molecule has 2 atom stereocenters. The number of benzene rings is 1. The number of rotatable bonds is 6. The fourth-order valence-electron chi connectivity index (χ4n) is 4.62. The standard InChI is InChI=1S/C24H26FN3O4S/c1-4-33(30,31)24(20-8-7-13-26-20,22(29)28-21-9-5-6-12-27-21)18-15-23(2,3)32-19-11-10-16(25)14-17(18)19/h5-14,18,26H,4,15H2,1-3H3,(H,27,28,29). The third kappa shape index (κ3) is 3.90. The highest BCUT2D eigenvalue weighted by Crippen LogP contribution is 2.53. The van der Waals surface area contributed by atoms with Gasteiger partial charge in [-0.1, -0.05) is 13.0 Å². The van der Waals surface area contributed by atoms with E-state index in [1.165, 1.54) is 31.3 Å². The summed E-state index contributed by atoms with van der Waals surface area (Å²) in [5, 5.41) is 2.70. The number of nitrogens with one attached hydrogen (secondary N) is 2. The Hall–Kier alpha value is -3.20. The van der Waals surface area contributed by atoms with E-state index in [1.807, 2.05) is 13.8 Å². The van der Waals surface area contributed by atoms with Crippen molar-refractivity contribution in [3.8, 4) is 5.75 Å². The molecule has 3 aromatic rings. The largest absolute Gasteiger partial charge is 0.488 e. The van der Waals surface area contributed by atoms with E-state index < -0.39 is 37.8 Å². The molecule has 1 aliphatic rings. The van der Waals surface area contributed by atoms with Crippen LogP contribution in [0.25, 0.3) is 0 Å². The number of hydrogen-bond donors (Lipinski definition) is 2. The van der Waals surface area contributed by atoms with Gasteiger partial charge in [0.25, 0.3) is 5.91 Å². The van der Waals surface area contributed by atoms with Gasteiger partial charge in [-0.15, -0.1) is 0 Å².